The summed E-state index contributed by atoms with van der Waals surface area (Å²) in [7, 11) is 0. The number of piperazine rings is 1. The number of benzene rings is 2. The maximum atomic E-state index is 11.0. The number of hydrazone groups is 1. The highest BCUT2D eigenvalue weighted by atomic mass is 35.5. The molecule has 1 aliphatic rings. The Balaban J connectivity index is 1.56. The molecule has 0 aromatic heterocycles. The van der Waals surface area contributed by atoms with Crippen LogP contribution in [0.25, 0.3) is 0 Å². The van der Waals surface area contributed by atoms with Gasteiger partial charge >= 0.3 is 0 Å². The first-order valence-electron chi connectivity index (χ1n) is 8.23. The molecule has 1 aliphatic heterocycles. The van der Waals surface area contributed by atoms with E-state index in [2.05, 4.69) is 11.2 Å². The van der Waals surface area contributed by atoms with Gasteiger partial charge in [-0.2, -0.15) is 5.10 Å². The van der Waals surface area contributed by atoms with Gasteiger partial charge in [0.25, 0.3) is 5.69 Å². The minimum Gasteiger partial charge on any atom is -0.328 e. The zero-order valence-corrected chi connectivity index (χ0v) is 14.5. The summed E-state index contributed by atoms with van der Waals surface area (Å²) in [5.74, 6) is 0. The third kappa shape index (κ3) is 4.55. The minimum absolute atomic E-state index is 0.0780. The Bertz CT molecular complexity index is 773. The van der Waals surface area contributed by atoms with Crippen LogP contribution < -0.4 is 4.90 Å². The monoisotopic (exact) mass is 359 g/mol. The highest BCUT2D eigenvalue weighted by Gasteiger charge is 2.20. The molecule has 0 spiro atoms. The largest absolute Gasteiger partial charge is 0.328 e. The van der Waals surface area contributed by atoms with Crippen molar-refractivity contribution >= 4 is 23.5 Å². The van der Waals surface area contributed by atoms with Gasteiger partial charge in [0, 0.05) is 16.7 Å². The molecule has 0 unspecified atom stereocenters. The molecule has 3 rings (SSSR count). The summed E-state index contributed by atoms with van der Waals surface area (Å²) in [5, 5.41) is 18.2. The number of nitrogens with zero attached hydrogens (tertiary/aromatic N) is 3. The Labute approximate surface area is 151 Å². The van der Waals surface area contributed by atoms with Crippen molar-refractivity contribution in [3.63, 3.8) is 0 Å². The van der Waals surface area contributed by atoms with Crippen LogP contribution in [0.2, 0.25) is 5.02 Å². The average molecular weight is 360 g/mol. The lowest BCUT2D eigenvalue weighted by atomic mass is 10.2. The van der Waals surface area contributed by atoms with E-state index < -0.39 is 0 Å². The lowest BCUT2D eigenvalue weighted by Crippen LogP contribution is -3.13. The van der Waals surface area contributed by atoms with Crippen LogP contribution in [0, 0.1) is 10.1 Å². The Morgan fingerprint density at radius 1 is 1.16 bits per heavy atom. The minimum atomic E-state index is -0.382. The van der Waals surface area contributed by atoms with Crippen molar-refractivity contribution in [3.8, 4) is 0 Å². The zero-order chi connectivity index (χ0) is 17.6. The van der Waals surface area contributed by atoms with E-state index in [4.69, 9.17) is 11.6 Å². The number of halogens is 1. The molecular formula is C18H20ClN4O2+. The fourth-order valence-electron chi connectivity index (χ4n) is 2.92. The molecule has 1 saturated heterocycles. The normalized spacial score (nSPS) is 15.6. The van der Waals surface area contributed by atoms with Crippen LogP contribution in [0.3, 0.4) is 0 Å². The summed E-state index contributed by atoms with van der Waals surface area (Å²) >= 11 is 6.23. The summed E-state index contributed by atoms with van der Waals surface area (Å²) in [6, 6.07) is 14.6. The molecule has 1 N–H and O–H groups in total. The van der Waals surface area contributed by atoms with Crippen molar-refractivity contribution in [3.05, 3.63) is 74.8 Å². The Morgan fingerprint density at radius 3 is 2.56 bits per heavy atom. The van der Waals surface area contributed by atoms with Gasteiger partial charge in [0.05, 0.1) is 42.9 Å². The van der Waals surface area contributed by atoms with Crippen molar-refractivity contribution < 1.29 is 9.82 Å². The van der Waals surface area contributed by atoms with Crippen LogP contribution in [0.15, 0.2) is 53.6 Å². The second kappa shape index (κ2) is 8.09. The molecule has 1 heterocycles. The molecule has 0 aliphatic carbocycles. The van der Waals surface area contributed by atoms with Gasteiger partial charge in [-0.05, 0) is 12.1 Å². The van der Waals surface area contributed by atoms with Crippen molar-refractivity contribution in [2.24, 2.45) is 5.10 Å². The number of hydrogen-bond donors (Lipinski definition) is 1. The summed E-state index contributed by atoms with van der Waals surface area (Å²) in [6.07, 6.45) is 1.58. The number of quaternary nitrogens is 1. The third-order valence-electron chi connectivity index (χ3n) is 4.34. The fraction of sp³-hybridized carbons (Fsp3) is 0.278. The number of nitro groups is 1. The highest BCUT2D eigenvalue weighted by molar-refractivity contribution is 6.31. The molecule has 0 saturated carbocycles. The summed E-state index contributed by atoms with van der Waals surface area (Å²) in [6.45, 7) is 4.45. The number of nitro benzene ring substituents is 1. The quantitative estimate of drug-likeness (QED) is 0.504. The topological polar surface area (TPSA) is 63.2 Å². The van der Waals surface area contributed by atoms with Crippen LogP contribution in [-0.2, 0) is 6.54 Å². The Kier molecular flexibility index (Phi) is 5.63. The second-order valence-corrected chi connectivity index (χ2v) is 6.44. The molecule has 130 valence electrons. The smallest absolute Gasteiger partial charge is 0.278 e. The van der Waals surface area contributed by atoms with Crippen LogP contribution in [0.4, 0.5) is 5.69 Å². The van der Waals surface area contributed by atoms with E-state index in [0.29, 0.717) is 5.56 Å². The molecule has 2 aromatic rings. The number of nitrogens with one attached hydrogen (secondary N) is 1. The van der Waals surface area contributed by atoms with E-state index in [1.165, 1.54) is 11.0 Å². The maximum absolute atomic E-state index is 11.0. The van der Waals surface area contributed by atoms with E-state index in [-0.39, 0.29) is 10.6 Å². The second-order valence-electron chi connectivity index (χ2n) is 6.03. The summed E-state index contributed by atoms with van der Waals surface area (Å²) in [4.78, 5) is 12.1. The van der Waals surface area contributed by atoms with Gasteiger partial charge in [-0.3, -0.25) is 15.1 Å². The number of hydrogen-bond acceptors (Lipinski definition) is 4. The van der Waals surface area contributed by atoms with E-state index in [1.54, 1.807) is 24.4 Å². The molecule has 0 radical (unpaired) electrons. The van der Waals surface area contributed by atoms with Gasteiger partial charge in [0.1, 0.15) is 6.54 Å². The first-order chi connectivity index (χ1) is 12.1. The van der Waals surface area contributed by atoms with Crippen LogP contribution in [0.1, 0.15) is 11.1 Å². The predicted octanol–water partition coefficient (Wildman–Crippen LogP) is 1.98. The van der Waals surface area contributed by atoms with Crippen LogP contribution in [-0.4, -0.2) is 42.3 Å². The molecule has 0 amide bonds. The van der Waals surface area contributed by atoms with Gasteiger partial charge in [-0.15, -0.1) is 0 Å². The fourth-order valence-corrected chi connectivity index (χ4v) is 3.12. The molecule has 1 fully saturated rings. The highest BCUT2D eigenvalue weighted by Crippen LogP contribution is 2.16. The van der Waals surface area contributed by atoms with Gasteiger partial charge in [-0.1, -0.05) is 41.9 Å². The first kappa shape index (κ1) is 17.4. The van der Waals surface area contributed by atoms with Crippen LogP contribution in [0.5, 0.6) is 0 Å². The van der Waals surface area contributed by atoms with Crippen LogP contribution >= 0.6 is 11.6 Å². The average Bonchev–Trinajstić information content (AvgIpc) is 2.63. The van der Waals surface area contributed by atoms with E-state index in [9.17, 15) is 10.1 Å². The van der Waals surface area contributed by atoms with Crippen molar-refractivity contribution in [2.45, 2.75) is 6.54 Å². The predicted molar refractivity (Wildman–Crippen MR) is 98.1 cm³/mol. The van der Waals surface area contributed by atoms with Crippen molar-refractivity contribution in [1.29, 1.82) is 0 Å². The molecule has 2 aromatic carbocycles. The van der Waals surface area contributed by atoms with Gasteiger partial charge in [0.2, 0.25) is 0 Å². The van der Waals surface area contributed by atoms with E-state index in [1.807, 2.05) is 23.2 Å². The molecule has 7 heteroatoms. The summed E-state index contributed by atoms with van der Waals surface area (Å²) in [5.41, 5.74) is 1.77. The lowest BCUT2D eigenvalue weighted by Gasteiger charge is -2.30. The molecule has 6 nitrogen and oxygen atoms in total. The third-order valence-corrected chi connectivity index (χ3v) is 4.71. The maximum Gasteiger partial charge on any atom is 0.278 e. The molecule has 25 heavy (non-hydrogen) atoms. The molecular weight excluding hydrogens is 340 g/mol. The first-order valence-corrected chi connectivity index (χ1v) is 8.60. The zero-order valence-electron chi connectivity index (χ0n) is 13.8. The SMILES string of the molecule is O=[N+]([O-])c1ccccc1/C=N\N1CC[NH+](Cc2ccccc2Cl)CC1. The summed E-state index contributed by atoms with van der Waals surface area (Å²) < 4.78 is 0. The van der Waals surface area contributed by atoms with Crippen molar-refractivity contribution in [2.75, 3.05) is 26.2 Å². The van der Waals surface area contributed by atoms with E-state index >= 15 is 0 Å². The molecule has 0 atom stereocenters. The van der Waals surface area contributed by atoms with E-state index in [0.717, 1.165) is 43.3 Å². The standard InChI is InChI=1S/C18H19ClN4O2/c19-17-7-3-1-6-16(17)14-21-9-11-22(12-10-21)20-13-15-5-2-4-8-18(15)23(24)25/h1-8,13H,9-12,14H2/p+1/b20-13-. The van der Waals surface area contributed by atoms with Crippen molar-refractivity contribution in [1.82, 2.24) is 5.01 Å². The number of rotatable bonds is 5. The van der Waals surface area contributed by atoms with Gasteiger partial charge in [0.15, 0.2) is 0 Å². The molecule has 0 bridgehead atoms. The van der Waals surface area contributed by atoms with Gasteiger partial charge in [-0.25, -0.2) is 0 Å². The van der Waals surface area contributed by atoms with Gasteiger partial charge < -0.3 is 4.90 Å². The Hall–Kier alpha value is -2.44. The lowest BCUT2D eigenvalue weighted by molar-refractivity contribution is -0.918. The Morgan fingerprint density at radius 2 is 1.84 bits per heavy atom. The number of para-hydroxylation sites is 1.